The predicted octanol–water partition coefficient (Wildman–Crippen LogP) is 7.18. The number of carboxylic acid groups (broad SMARTS) is 1. The Morgan fingerprint density at radius 1 is 0.968 bits per heavy atom. The van der Waals surface area contributed by atoms with Gasteiger partial charge in [0, 0.05) is 4.90 Å². The first-order valence-corrected chi connectivity index (χ1v) is 11.2. The molecule has 0 aliphatic rings. The predicted molar refractivity (Wildman–Crippen MR) is 130 cm³/mol. The Morgan fingerprint density at radius 2 is 1.58 bits per heavy atom. The molecule has 0 aliphatic heterocycles. The van der Waals surface area contributed by atoms with Gasteiger partial charge >= 0.3 is 5.97 Å². The van der Waals surface area contributed by atoms with Crippen LogP contribution in [0.3, 0.4) is 0 Å². The molecular formula is C27H28O3S. The molecule has 4 heteroatoms. The summed E-state index contributed by atoms with van der Waals surface area (Å²) in [5.41, 5.74) is 4.74. The van der Waals surface area contributed by atoms with E-state index in [0.29, 0.717) is 13.0 Å². The molecule has 0 aromatic heterocycles. The monoisotopic (exact) mass is 432 g/mol. The number of thioether (sulfide) groups is 1. The number of rotatable bonds is 9. The highest BCUT2D eigenvalue weighted by molar-refractivity contribution is 8.01. The largest absolute Gasteiger partial charge is 0.490 e. The Balaban J connectivity index is 1.57. The number of benzene rings is 3. The van der Waals surface area contributed by atoms with Crippen molar-refractivity contribution >= 4 is 23.3 Å². The van der Waals surface area contributed by atoms with Crippen molar-refractivity contribution in [1.29, 1.82) is 0 Å². The van der Waals surface area contributed by atoms with Crippen molar-refractivity contribution in [2.45, 2.75) is 36.8 Å². The van der Waals surface area contributed by atoms with E-state index < -0.39 is 10.7 Å². The molecule has 1 atom stereocenters. The maximum absolute atomic E-state index is 11.5. The molecule has 0 unspecified atom stereocenters. The molecule has 1 N–H and O–H groups in total. The smallest absolute Gasteiger partial charge is 0.319 e. The average molecular weight is 433 g/mol. The fourth-order valence-electron chi connectivity index (χ4n) is 3.07. The molecule has 3 aromatic carbocycles. The molecule has 0 fully saturated rings. The van der Waals surface area contributed by atoms with Crippen LogP contribution in [0.25, 0.3) is 16.7 Å². The van der Waals surface area contributed by atoms with Crippen molar-refractivity contribution < 1.29 is 14.6 Å². The lowest BCUT2D eigenvalue weighted by atomic mass is 10.0. The summed E-state index contributed by atoms with van der Waals surface area (Å²) in [5, 5.41) is 9.43. The Bertz CT molecular complexity index is 1020. The summed E-state index contributed by atoms with van der Waals surface area (Å²) in [5.74, 6) is -0.0286. The molecule has 0 saturated carbocycles. The quantitative estimate of drug-likeness (QED) is 0.364. The molecule has 160 valence electrons. The Morgan fingerprint density at radius 3 is 2.16 bits per heavy atom. The van der Waals surface area contributed by atoms with Crippen LogP contribution in [0.2, 0.25) is 0 Å². The van der Waals surface area contributed by atoms with Crippen LogP contribution in [-0.4, -0.2) is 22.4 Å². The zero-order valence-electron chi connectivity index (χ0n) is 18.2. The van der Waals surface area contributed by atoms with Gasteiger partial charge in [0.05, 0.1) is 0 Å². The minimum atomic E-state index is -0.821. The van der Waals surface area contributed by atoms with E-state index in [9.17, 15) is 9.90 Å². The minimum absolute atomic E-state index is 0.473. The van der Waals surface area contributed by atoms with E-state index in [1.54, 1.807) is 6.92 Å². The zero-order chi connectivity index (χ0) is 22.3. The molecule has 0 saturated heterocycles. The van der Waals surface area contributed by atoms with Gasteiger partial charge in [-0.1, -0.05) is 61.5 Å². The van der Waals surface area contributed by atoms with E-state index in [1.807, 2.05) is 49.4 Å². The van der Waals surface area contributed by atoms with E-state index in [1.165, 1.54) is 28.5 Å². The summed E-state index contributed by atoms with van der Waals surface area (Å²) in [6, 6.07) is 26.5. The van der Waals surface area contributed by atoms with Gasteiger partial charge < -0.3 is 9.84 Å². The number of aliphatic carboxylic acids is 1. The van der Waals surface area contributed by atoms with Gasteiger partial charge in [-0.15, -0.1) is 11.8 Å². The fourth-order valence-corrected chi connectivity index (χ4v) is 4.09. The van der Waals surface area contributed by atoms with Crippen molar-refractivity contribution in [2.75, 3.05) is 6.61 Å². The van der Waals surface area contributed by atoms with E-state index in [0.717, 1.165) is 16.2 Å². The van der Waals surface area contributed by atoms with Crippen LogP contribution in [0.1, 0.15) is 32.8 Å². The minimum Gasteiger partial charge on any atom is -0.490 e. The molecule has 0 amide bonds. The molecule has 3 aromatic rings. The van der Waals surface area contributed by atoms with Gasteiger partial charge in [-0.05, 0) is 72.9 Å². The second-order valence-electron chi connectivity index (χ2n) is 7.60. The number of hydrogen-bond donors (Lipinski definition) is 1. The molecule has 0 heterocycles. The highest BCUT2D eigenvalue weighted by Gasteiger charge is 2.32. The van der Waals surface area contributed by atoms with Gasteiger partial charge in [0.2, 0.25) is 0 Å². The molecule has 3 rings (SSSR count). The summed E-state index contributed by atoms with van der Waals surface area (Å²) in [7, 11) is 0. The second-order valence-corrected chi connectivity index (χ2v) is 9.18. The van der Waals surface area contributed by atoms with Gasteiger partial charge in [-0.2, -0.15) is 0 Å². The van der Waals surface area contributed by atoms with E-state index >= 15 is 0 Å². The molecule has 3 nitrogen and oxygen atoms in total. The normalized spacial score (nSPS) is 13.5. The first-order valence-electron chi connectivity index (χ1n) is 10.4. The van der Waals surface area contributed by atoms with Gasteiger partial charge in [0.15, 0.2) is 0 Å². The molecule has 0 aliphatic carbocycles. The van der Waals surface area contributed by atoms with Crippen LogP contribution >= 0.6 is 11.8 Å². The number of ether oxygens (including phenoxy) is 1. The highest BCUT2D eigenvalue weighted by Crippen LogP contribution is 2.36. The Labute approximate surface area is 188 Å². The van der Waals surface area contributed by atoms with E-state index in [2.05, 4.69) is 49.4 Å². The van der Waals surface area contributed by atoms with Crippen LogP contribution < -0.4 is 4.74 Å². The van der Waals surface area contributed by atoms with Crippen molar-refractivity contribution in [3.05, 3.63) is 90.5 Å². The topological polar surface area (TPSA) is 46.5 Å². The first kappa shape index (κ1) is 22.7. The van der Waals surface area contributed by atoms with Crippen LogP contribution in [0.4, 0.5) is 0 Å². The molecule has 0 spiro atoms. The highest BCUT2D eigenvalue weighted by atomic mass is 32.2. The molecule has 31 heavy (non-hydrogen) atoms. The average Bonchev–Trinajstić information content (AvgIpc) is 2.80. The lowest BCUT2D eigenvalue weighted by Gasteiger charge is -2.22. The number of carbonyl (C=O) groups is 1. The summed E-state index contributed by atoms with van der Waals surface area (Å²) >= 11 is 1.37. The van der Waals surface area contributed by atoms with Crippen molar-refractivity contribution in [3.8, 4) is 16.9 Å². The van der Waals surface area contributed by atoms with Gasteiger partial charge in [-0.25, -0.2) is 0 Å². The number of hydrogen-bond acceptors (Lipinski definition) is 3. The van der Waals surface area contributed by atoms with E-state index in [4.69, 9.17) is 4.74 Å². The van der Waals surface area contributed by atoms with Crippen LogP contribution in [0.15, 0.2) is 89.8 Å². The molecule has 0 bridgehead atoms. The van der Waals surface area contributed by atoms with Gasteiger partial charge in [0.1, 0.15) is 17.1 Å². The number of allylic oxidation sites excluding steroid dienone is 1. The summed E-state index contributed by atoms with van der Waals surface area (Å²) in [6.45, 7) is 6.20. The maximum Gasteiger partial charge on any atom is 0.319 e. The SMILES string of the molecule is CC[C@](C)(Sc1ccc(OC/C=C(\C)c2ccc(-c3ccccc3)cc2)cc1)C(=O)O. The first-order chi connectivity index (χ1) is 14.9. The molecular weight excluding hydrogens is 404 g/mol. The van der Waals surface area contributed by atoms with E-state index in [-0.39, 0.29) is 0 Å². The third-order valence-electron chi connectivity index (χ3n) is 5.38. The summed E-state index contributed by atoms with van der Waals surface area (Å²) in [6.07, 6.45) is 2.63. The van der Waals surface area contributed by atoms with Crippen molar-refractivity contribution in [1.82, 2.24) is 0 Å². The zero-order valence-corrected chi connectivity index (χ0v) is 19.0. The fraction of sp³-hybridized carbons (Fsp3) is 0.222. The van der Waals surface area contributed by atoms with Gasteiger partial charge in [0.25, 0.3) is 0 Å². The molecule has 0 radical (unpaired) electrons. The van der Waals surface area contributed by atoms with Crippen molar-refractivity contribution in [2.24, 2.45) is 0 Å². The Kier molecular flexibility index (Phi) is 7.59. The van der Waals surface area contributed by atoms with Crippen molar-refractivity contribution in [3.63, 3.8) is 0 Å². The standard InChI is InChI=1S/C27H28O3S/c1-4-27(3,26(28)29)31-25-16-14-24(15-17-25)30-19-18-20(2)21-10-12-23(13-11-21)22-8-6-5-7-9-22/h5-18H,4,19H2,1-3H3,(H,28,29)/b20-18+/t27-/m0/s1. The third kappa shape index (κ3) is 6.02. The third-order valence-corrected chi connectivity index (χ3v) is 6.80. The Hall–Kier alpha value is -2.98. The lowest BCUT2D eigenvalue weighted by Crippen LogP contribution is -2.30. The van der Waals surface area contributed by atoms with Gasteiger partial charge in [-0.3, -0.25) is 4.79 Å². The maximum atomic E-state index is 11.5. The second kappa shape index (κ2) is 10.4. The lowest BCUT2D eigenvalue weighted by molar-refractivity contribution is -0.139. The number of carboxylic acids is 1. The summed E-state index contributed by atoms with van der Waals surface area (Å²) in [4.78, 5) is 12.4. The summed E-state index contributed by atoms with van der Waals surface area (Å²) < 4.78 is 5.03. The van der Waals surface area contributed by atoms with Crippen LogP contribution in [0.5, 0.6) is 5.75 Å². The van der Waals surface area contributed by atoms with Crippen LogP contribution in [0, 0.1) is 0 Å². The van der Waals surface area contributed by atoms with Crippen LogP contribution in [-0.2, 0) is 4.79 Å².